The van der Waals surface area contributed by atoms with Gasteiger partial charge in [-0.15, -0.1) is 11.3 Å². The predicted octanol–water partition coefficient (Wildman–Crippen LogP) is 3.89. The van der Waals surface area contributed by atoms with Gasteiger partial charge in [0, 0.05) is 23.7 Å². The van der Waals surface area contributed by atoms with Crippen molar-refractivity contribution in [2.24, 2.45) is 0 Å². The van der Waals surface area contributed by atoms with Gasteiger partial charge >= 0.3 is 0 Å². The molecule has 0 radical (unpaired) electrons. The van der Waals surface area contributed by atoms with Gasteiger partial charge in [-0.05, 0) is 12.5 Å². The van der Waals surface area contributed by atoms with E-state index in [9.17, 15) is 10.1 Å². The number of nitriles is 1. The number of hydrogen-bond acceptors (Lipinski definition) is 4. The normalized spacial score (nSPS) is 11.4. The topological polar surface area (TPSA) is 70.2 Å². The smallest absolute Gasteiger partial charge is 0.262 e. The molecule has 0 unspecified atom stereocenters. The van der Waals surface area contributed by atoms with Crippen LogP contribution >= 0.6 is 11.3 Å². The Hall–Kier alpha value is -2.91. The summed E-state index contributed by atoms with van der Waals surface area (Å²) in [6.45, 7) is 2.62. The van der Waals surface area contributed by atoms with E-state index >= 15 is 0 Å². The van der Waals surface area contributed by atoms with Gasteiger partial charge in [0.2, 0.25) is 0 Å². The Labute approximate surface area is 150 Å². The lowest BCUT2D eigenvalue weighted by molar-refractivity contribution is -0.117. The van der Waals surface area contributed by atoms with Crippen LogP contribution in [0, 0.1) is 11.3 Å². The summed E-state index contributed by atoms with van der Waals surface area (Å²) in [5.74, 6) is -0.347. The summed E-state index contributed by atoms with van der Waals surface area (Å²) in [6.07, 6.45) is 5.40. The molecule has 0 saturated carbocycles. The average Bonchev–Trinajstić information content (AvgIpc) is 3.22. The number of rotatable bonds is 6. The number of carbonyl (C=O) groups is 1. The van der Waals surface area contributed by atoms with Crippen molar-refractivity contribution in [3.8, 4) is 17.3 Å². The van der Waals surface area contributed by atoms with Crippen molar-refractivity contribution in [2.45, 2.75) is 19.8 Å². The predicted molar refractivity (Wildman–Crippen MR) is 100 cm³/mol. The summed E-state index contributed by atoms with van der Waals surface area (Å²) in [4.78, 5) is 17.8. The number of imidazole rings is 1. The molecule has 0 aliphatic heterocycles. The summed E-state index contributed by atoms with van der Waals surface area (Å²) in [5.41, 5.74) is 2.54. The van der Waals surface area contributed by atoms with E-state index in [1.54, 1.807) is 6.08 Å². The van der Waals surface area contributed by atoms with Crippen molar-refractivity contribution in [1.29, 1.82) is 5.26 Å². The number of carbonyl (C=O) groups excluding carboxylic acids is 1. The highest BCUT2D eigenvalue weighted by Crippen LogP contribution is 2.28. The molecule has 0 atom stereocenters. The number of nitrogens with zero attached hydrogens (tertiary/aromatic N) is 3. The molecule has 1 aromatic carbocycles. The first-order valence-corrected chi connectivity index (χ1v) is 9.03. The molecule has 0 fully saturated rings. The van der Waals surface area contributed by atoms with Crippen molar-refractivity contribution >= 4 is 28.3 Å². The quantitative estimate of drug-likeness (QED) is 0.416. The van der Waals surface area contributed by atoms with E-state index in [0.717, 1.165) is 34.8 Å². The number of hydrogen-bond donors (Lipinski definition) is 1. The first-order valence-electron chi connectivity index (χ1n) is 8.15. The van der Waals surface area contributed by atoms with Crippen LogP contribution in [0.1, 0.15) is 25.5 Å². The van der Waals surface area contributed by atoms with E-state index in [1.807, 2.05) is 52.4 Å². The maximum absolute atomic E-state index is 12.3. The molecular formula is C19H18N4OS. The van der Waals surface area contributed by atoms with Gasteiger partial charge in [0.1, 0.15) is 11.6 Å². The largest absolute Gasteiger partial charge is 0.351 e. The van der Waals surface area contributed by atoms with Crippen molar-refractivity contribution in [2.75, 3.05) is 6.54 Å². The molecule has 5 nitrogen and oxygen atoms in total. The minimum atomic E-state index is -0.347. The van der Waals surface area contributed by atoms with E-state index < -0.39 is 0 Å². The number of amides is 1. The minimum absolute atomic E-state index is 0.0845. The van der Waals surface area contributed by atoms with Crippen molar-refractivity contribution in [3.05, 3.63) is 53.2 Å². The minimum Gasteiger partial charge on any atom is -0.351 e. The van der Waals surface area contributed by atoms with Crippen molar-refractivity contribution in [3.63, 3.8) is 0 Å². The monoisotopic (exact) mass is 350 g/mol. The number of fused-ring (bicyclic) bond motifs is 1. The third-order valence-corrected chi connectivity index (χ3v) is 4.56. The third-order valence-electron chi connectivity index (χ3n) is 3.81. The summed E-state index contributed by atoms with van der Waals surface area (Å²) in [5, 5.41) is 14.2. The number of thiazole rings is 1. The molecule has 0 aliphatic rings. The molecule has 3 aromatic rings. The highest BCUT2D eigenvalue weighted by atomic mass is 32.1. The lowest BCUT2D eigenvalue weighted by Crippen LogP contribution is -2.25. The van der Waals surface area contributed by atoms with Gasteiger partial charge in [-0.1, -0.05) is 43.7 Å². The molecule has 0 bridgehead atoms. The van der Waals surface area contributed by atoms with Crippen LogP contribution in [-0.2, 0) is 4.79 Å². The summed E-state index contributed by atoms with van der Waals surface area (Å²) >= 11 is 1.52. The summed E-state index contributed by atoms with van der Waals surface area (Å²) in [7, 11) is 0. The Morgan fingerprint density at radius 1 is 1.40 bits per heavy atom. The van der Waals surface area contributed by atoms with Gasteiger partial charge < -0.3 is 5.32 Å². The molecule has 1 amide bonds. The molecule has 1 N–H and O–H groups in total. The van der Waals surface area contributed by atoms with Crippen LogP contribution in [0.2, 0.25) is 0 Å². The maximum atomic E-state index is 12.3. The van der Waals surface area contributed by atoms with Gasteiger partial charge in [0.05, 0.1) is 11.4 Å². The van der Waals surface area contributed by atoms with Gasteiger partial charge in [-0.3, -0.25) is 9.20 Å². The standard InChI is InChI=1S/C19H18N4OS/c1-2-3-9-21-18(24)15(13-20)12-16-17(14-7-5-4-6-8-14)22-19-23(16)10-11-25-19/h4-8,10-12H,2-3,9H2,1H3,(H,21,24)/b15-12+. The summed E-state index contributed by atoms with van der Waals surface area (Å²) in [6, 6.07) is 11.8. The van der Waals surface area contributed by atoms with Crippen molar-refractivity contribution in [1.82, 2.24) is 14.7 Å². The Morgan fingerprint density at radius 3 is 2.92 bits per heavy atom. The maximum Gasteiger partial charge on any atom is 0.262 e. The third kappa shape index (κ3) is 3.62. The number of aromatic nitrogens is 2. The highest BCUT2D eigenvalue weighted by molar-refractivity contribution is 7.15. The fraction of sp³-hybridized carbons (Fsp3) is 0.211. The van der Waals surface area contributed by atoms with E-state index in [1.165, 1.54) is 11.3 Å². The fourth-order valence-electron chi connectivity index (χ4n) is 2.51. The average molecular weight is 350 g/mol. The molecule has 6 heteroatoms. The lowest BCUT2D eigenvalue weighted by atomic mass is 10.1. The van der Waals surface area contributed by atoms with Gasteiger partial charge in [0.25, 0.3) is 5.91 Å². The zero-order valence-electron chi connectivity index (χ0n) is 13.9. The van der Waals surface area contributed by atoms with Crippen LogP contribution in [-0.4, -0.2) is 21.8 Å². The first-order chi connectivity index (χ1) is 12.2. The molecular weight excluding hydrogens is 332 g/mol. The second-order valence-electron chi connectivity index (χ2n) is 5.55. The molecule has 25 heavy (non-hydrogen) atoms. The lowest BCUT2D eigenvalue weighted by Gasteiger charge is -2.04. The Morgan fingerprint density at radius 2 is 2.20 bits per heavy atom. The molecule has 3 rings (SSSR count). The zero-order chi connectivity index (χ0) is 17.6. The van der Waals surface area contributed by atoms with Crippen LogP contribution in [0.3, 0.4) is 0 Å². The SMILES string of the molecule is CCCCNC(=O)/C(C#N)=C/c1c(-c2ccccc2)nc2sccn12. The number of benzene rings is 1. The molecule has 2 heterocycles. The molecule has 2 aromatic heterocycles. The summed E-state index contributed by atoms with van der Waals surface area (Å²) < 4.78 is 1.91. The Balaban J connectivity index is 2.03. The number of nitrogens with one attached hydrogen (secondary N) is 1. The zero-order valence-corrected chi connectivity index (χ0v) is 14.7. The highest BCUT2D eigenvalue weighted by Gasteiger charge is 2.16. The van der Waals surface area contributed by atoms with Crippen molar-refractivity contribution < 1.29 is 4.79 Å². The van der Waals surface area contributed by atoms with Crippen LogP contribution < -0.4 is 5.32 Å². The van der Waals surface area contributed by atoms with E-state index in [4.69, 9.17) is 0 Å². The Kier molecular flexibility index (Phi) is 5.26. The van der Waals surface area contributed by atoms with Crippen LogP contribution in [0.4, 0.5) is 0 Å². The van der Waals surface area contributed by atoms with E-state index in [0.29, 0.717) is 6.54 Å². The van der Waals surface area contributed by atoms with Gasteiger partial charge in [-0.25, -0.2) is 4.98 Å². The van der Waals surface area contributed by atoms with Gasteiger partial charge in [-0.2, -0.15) is 5.26 Å². The first kappa shape index (κ1) is 16.9. The molecule has 0 aliphatic carbocycles. The van der Waals surface area contributed by atoms with E-state index in [-0.39, 0.29) is 11.5 Å². The fourth-order valence-corrected chi connectivity index (χ4v) is 3.23. The molecule has 126 valence electrons. The molecule has 0 spiro atoms. The van der Waals surface area contributed by atoms with Gasteiger partial charge in [0.15, 0.2) is 4.96 Å². The van der Waals surface area contributed by atoms with Crippen LogP contribution in [0.25, 0.3) is 22.3 Å². The number of unbranched alkanes of at least 4 members (excludes halogenated alkanes) is 1. The van der Waals surface area contributed by atoms with E-state index in [2.05, 4.69) is 17.2 Å². The van der Waals surface area contributed by atoms with Crippen LogP contribution in [0.15, 0.2) is 47.5 Å². The molecule has 0 saturated heterocycles. The second-order valence-corrected chi connectivity index (χ2v) is 6.42. The Bertz CT molecular complexity index is 947. The van der Waals surface area contributed by atoms with Crippen LogP contribution in [0.5, 0.6) is 0 Å². The second kappa shape index (κ2) is 7.77.